The van der Waals surface area contributed by atoms with Gasteiger partial charge in [-0.3, -0.25) is 10.2 Å². The van der Waals surface area contributed by atoms with Crippen LogP contribution in [0.2, 0.25) is 0 Å². The van der Waals surface area contributed by atoms with E-state index in [1.807, 2.05) is 55.5 Å². The topological polar surface area (TPSA) is 72.1 Å². The Morgan fingerprint density at radius 3 is 2.53 bits per heavy atom. The van der Waals surface area contributed by atoms with Gasteiger partial charge in [-0.15, -0.1) is 0 Å². The van der Waals surface area contributed by atoms with Crippen LogP contribution in [0.4, 0.5) is 5.69 Å². The van der Waals surface area contributed by atoms with Gasteiger partial charge >= 0.3 is 0 Å². The molecule has 0 aromatic heterocycles. The van der Waals surface area contributed by atoms with Crippen molar-refractivity contribution in [2.75, 3.05) is 18.0 Å². The highest BCUT2D eigenvalue weighted by atomic mass is 32.2. The van der Waals surface area contributed by atoms with Crippen molar-refractivity contribution in [1.82, 2.24) is 5.01 Å². The number of carbonyl (C=O) groups is 1. The molecule has 2 aromatic rings. The molecule has 0 unspecified atom stereocenters. The summed E-state index contributed by atoms with van der Waals surface area (Å²) in [5.41, 5.74) is 4.31. The van der Waals surface area contributed by atoms with Crippen LogP contribution < -0.4 is 4.90 Å². The smallest absolute Gasteiger partial charge is 0.283 e. The minimum absolute atomic E-state index is 0.0490. The van der Waals surface area contributed by atoms with E-state index in [1.54, 1.807) is 6.08 Å². The number of nitrogens with one attached hydrogen (secondary N) is 1. The Hall–Kier alpha value is -3.19. The zero-order chi connectivity index (χ0) is 21.3. The first-order chi connectivity index (χ1) is 14.5. The van der Waals surface area contributed by atoms with Crippen molar-refractivity contribution >= 4 is 45.5 Å². The maximum atomic E-state index is 12.6. The second kappa shape index (κ2) is 8.28. The van der Waals surface area contributed by atoms with Crippen LogP contribution in [-0.2, 0) is 4.79 Å². The van der Waals surface area contributed by atoms with E-state index >= 15 is 0 Å². The maximum Gasteiger partial charge on any atom is 0.283 e. The second-order valence-corrected chi connectivity index (χ2v) is 8.01. The zero-order valence-electron chi connectivity index (χ0n) is 17.2. The number of aliphatic imine (C=N–C) groups is 1. The first-order valence-corrected chi connectivity index (χ1v) is 10.7. The summed E-state index contributed by atoms with van der Waals surface area (Å²) in [6.45, 7) is 8.14. The molecule has 2 aromatic carbocycles. The number of amidine groups is 2. The van der Waals surface area contributed by atoms with Gasteiger partial charge in [0.05, 0.1) is 5.57 Å². The molecule has 0 fully saturated rings. The highest BCUT2D eigenvalue weighted by molar-refractivity contribution is 8.27. The molecule has 0 saturated carbocycles. The second-order valence-electron chi connectivity index (χ2n) is 7.06. The number of nitrogens with zero attached hydrogens (tertiary/aromatic N) is 4. The number of rotatable bonds is 5. The normalized spacial score (nSPS) is 17.2. The Kier molecular flexibility index (Phi) is 5.55. The number of hydrogen-bond acceptors (Lipinski definition) is 5. The fraction of sp³-hybridized carbons (Fsp3) is 0.217. The number of fused-ring (bicyclic) bond motifs is 1. The van der Waals surface area contributed by atoms with Gasteiger partial charge < -0.3 is 4.90 Å². The number of hydrogen-bond donors (Lipinski definition) is 1. The van der Waals surface area contributed by atoms with Crippen molar-refractivity contribution in [2.45, 2.75) is 20.8 Å². The molecule has 0 radical (unpaired) electrons. The average Bonchev–Trinajstić information content (AvgIpc) is 3.17. The van der Waals surface area contributed by atoms with E-state index in [0.717, 1.165) is 40.5 Å². The summed E-state index contributed by atoms with van der Waals surface area (Å²) >= 11 is 1.31. The molecular formula is C23H23N5OS. The quantitative estimate of drug-likeness (QED) is 0.727. The van der Waals surface area contributed by atoms with Gasteiger partial charge in [0, 0.05) is 24.3 Å². The highest BCUT2D eigenvalue weighted by Gasteiger charge is 2.36. The molecule has 4 rings (SSSR count). The van der Waals surface area contributed by atoms with Crippen LogP contribution in [0.1, 0.15) is 30.5 Å². The number of carbonyl (C=O) groups excluding carboxylic acids is 1. The lowest BCUT2D eigenvalue weighted by Gasteiger charge is -2.21. The SMILES string of the molecule is CCN(CC)c1ccc(/C=C2/C(=N)N3N=C(c4cccc(C)c4)SC3=NC2=O)cc1. The van der Waals surface area contributed by atoms with Gasteiger partial charge in [0.1, 0.15) is 5.04 Å². The van der Waals surface area contributed by atoms with Gasteiger partial charge in [0.2, 0.25) is 5.17 Å². The van der Waals surface area contributed by atoms with Gasteiger partial charge in [-0.05, 0) is 62.4 Å². The fourth-order valence-electron chi connectivity index (χ4n) is 3.42. The Balaban J connectivity index is 1.61. The summed E-state index contributed by atoms with van der Waals surface area (Å²) in [7, 11) is 0. The van der Waals surface area contributed by atoms with Crippen LogP contribution >= 0.6 is 11.8 Å². The standard InChI is InChI=1S/C23H23N5OS/c1-4-27(5-2)18-11-9-16(10-12-18)14-19-20(24)28-23(25-21(19)29)30-22(26-28)17-8-6-7-15(3)13-17/h6-14,24H,4-5H2,1-3H3/b19-14-,24-20?. The fourth-order valence-corrected chi connectivity index (χ4v) is 4.31. The predicted octanol–water partition coefficient (Wildman–Crippen LogP) is 4.51. The summed E-state index contributed by atoms with van der Waals surface area (Å²) in [4.78, 5) is 19.1. The number of anilines is 1. The van der Waals surface area contributed by atoms with E-state index in [1.165, 1.54) is 16.8 Å². The van der Waals surface area contributed by atoms with E-state index in [-0.39, 0.29) is 11.4 Å². The van der Waals surface area contributed by atoms with Crippen molar-refractivity contribution in [3.8, 4) is 0 Å². The van der Waals surface area contributed by atoms with Gasteiger partial charge in [-0.25, -0.2) is 0 Å². The molecule has 30 heavy (non-hydrogen) atoms. The third kappa shape index (κ3) is 3.80. The summed E-state index contributed by atoms with van der Waals surface area (Å²) < 4.78 is 0. The minimum atomic E-state index is -0.410. The summed E-state index contributed by atoms with van der Waals surface area (Å²) in [5, 5.41) is 15.7. The number of benzene rings is 2. The molecule has 0 atom stereocenters. The molecule has 1 N–H and O–H groups in total. The van der Waals surface area contributed by atoms with E-state index in [2.05, 4.69) is 28.8 Å². The van der Waals surface area contributed by atoms with Gasteiger partial charge in [0.25, 0.3) is 5.91 Å². The molecule has 0 spiro atoms. The van der Waals surface area contributed by atoms with Gasteiger partial charge in [-0.2, -0.15) is 15.1 Å². The van der Waals surface area contributed by atoms with E-state index in [9.17, 15) is 4.79 Å². The Bertz CT molecular complexity index is 1100. The summed E-state index contributed by atoms with van der Waals surface area (Å²) in [6.07, 6.45) is 1.71. The Morgan fingerprint density at radius 1 is 1.13 bits per heavy atom. The predicted molar refractivity (Wildman–Crippen MR) is 125 cm³/mol. The highest BCUT2D eigenvalue weighted by Crippen LogP contribution is 2.31. The molecule has 6 nitrogen and oxygen atoms in total. The Morgan fingerprint density at radius 2 is 1.87 bits per heavy atom. The van der Waals surface area contributed by atoms with Crippen LogP contribution in [0.15, 0.2) is 64.2 Å². The number of aryl methyl sites for hydroxylation is 1. The zero-order valence-corrected chi connectivity index (χ0v) is 18.0. The number of hydrazone groups is 1. The first-order valence-electron chi connectivity index (χ1n) is 9.92. The lowest BCUT2D eigenvalue weighted by Crippen LogP contribution is -2.35. The minimum Gasteiger partial charge on any atom is -0.372 e. The van der Waals surface area contributed by atoms with Crippen LogP contribution in [-0.4, -0.2) is 40.1 Å². The van der Waals surface area contributed by atoms with Crippen LogP contribution in [0, 0.1) is 12.3 Å². The van der Waals surface area contributed by atoms with E-state index < -0.39 is 5.91 Å². The average molecular weight is 418 g/mol. The monoisotopic (exact) mass is 417 g/mol. The van der Waals surface area contributed by atoms with Crippen molar-refractivity contribution < 1.29 is 4.79 Å². The van der Waals surface area contributed by atoms with Gasteiger partial charge in [-0.1, -0.05) is 35.9 Å². The van der Waals surface area contributed by atoms with Crippen molar-refractivity contribution in [3.05, 3.63) is 70.8 Å². The molecule has 1 amide bonds. The van der Waals surface area contributed by atoms with E-state index in [4.69, 9.17) is 5.41 Å². The number of amides is 1. The molecule has 0 aliphatic carbocycles. The molecule has 0 saturated heterocycles. The molecule has 0 bridgehead atoms. The lowest BCUT2D eigenvalue weighted by atomic mass is 10.1. The molecule has 2 aliphatic rings. The third-order valence-corrected chi connectivity index (χ3v) is 6.01. The van der Waals surface area contributed by atoms with Crippen molar-refractivity contribution in [1.29, 1.82) is 5.41 Å². The molecule has 152 valence electrons. The molecule has 2 aliphatic heterocycles. The third-order valence-electron chi connectivity index (χ3n) is 5.05. The molecular weight excluding hydrogens is 394 g/mol. The Labute approximate surface area is 180 Å². The van der Waals surface area contributed by atoms with Crippen LogP contribution in [0.25, 0.3) is 6.08 Å². The molecule has 7 heteroatoms. The number of thioether (sulfide) groups is 1. The largest absolute Gasteiger partial charge is 0.372 e. The lowest BCUT2D eigenvalue weighted by molar-refractivity contribution is -0.114. The van der Waals surface area contributed by atoms with E-state index in [0.29, 0.717) is 5.17 Å². The van der Waals surface area contributed by atoms with Crippen molar-refractivity contribution in [2.24, 2.45) is 10.1 Å². The first kappa shape index (κ1) is 20.1. The van der Waals surface area contributed by atoms with Crippen molar-refractivity contribution in [3.63, 3.8) is 0 Å². The maximum absolute atomic E-state index is 12.6. The van der Waals surface area contributed by atoms with Gasteiger partial charge in [0.15, 0.2) is 5.84 Å². The summed E-state index contributed by atoms with van der Waals surface area (Å²) in [5.74, 6) is -0.361. The van der Waals surface area contributed by atoms with Crippen LogP contribution in [0.3, 0.4) is 0 Å². The molecule has 2 heterocycles. The van der Waals surface area contributed by atoms with Crippen LogP contribution in [0.5, 0.6) is 0 Å². The summed E-state index contributed by atoms with van der Waals surface area (Å²) in [6, 6.07) is 16.0.